The van der Waals surface area contributed by atoms with Crippen LogP contribution in [-0.2, 0) is 4.79 Å². The number of carbonyl (C=O) groups excluding carboxylic acids is 2. The molecule has 2 atom stereocenters. The molecule has 0 aromatic heterocycles. The van der Waals surface area contributed by atoms with E-state index in [-0.39, 0.29) is 0 Å². The number of rotatable bonds is 4. The van der Waals surface area contributed by atoms with Crippen molar-refractivity contribution in [2.75, 3.05) is 19.6 Å². The van der Waals surface area contributed by atoms with E-state index in [1.54, 1.807) is 0 Å². The van der Waals surface area contributed by atoms with Gasteiger partial charge < -0.3 is 5.32 Å². The summed E-state index contributed by atoms with van der Waals surface area (Å²) in [6, 6.07) is -0.0836. The first-order valence-corrected chi connectivity index (χ1v) is 6.45. The van der Waals surface area contributed by atoms with Gasteiger partial charge in [-0.05, 0) is 32.9 Å². The van der Waals surface area contributed by atoms with Crippen LogP contribution in [0.15, 0.2) is 0 Å². The highest BCUT2D eigenvalue weighted by Crippen LogP contribution is 2.15. The molecule has 0 radical (unpaired) electrons. The van der Waals surface area contributed by atoms with E-state index in [0.717, 1.165) is 19.5 Å². The number of nitrogens with one attached hydrogen (secondary N) is 2. The molecule has 1 heterocycles. The van der Waals surface area contributed by atoms with Gasteiger partial charge in [0.05, 0.1) is 0 Å². The largest absolute Gasteiger partial charge is 0.336 e. The van der Waals surface area contributed by atoms with Crippen LogP contribution in [0.2, 0.25) is 0 Å². The Morgan fingerprint density at radius 3 is 2.82 bits per heavy atom. The normalized spacial score (nSPS) is 22.2. The van der Waals surface area contributed by atoms with Gasteiger partial charge in [-0.3, -0.25) is 15.0 Å². The molecule has 0 bridgehead atoms. The lowest BCUT2D eigenvalue weighted by molar-refractivity contribution is -0.119. The molecular formula is C11H20ClN3O2. The summed E-state index contributed by atoms with van der Waals surface area (Å²) in [5.41, 5.74) is 0. The fourth-order valence-electron chi connectivity index (χ4n) is 2.01. The van der Waals surface area contributed by atoms with Crippen molar-refractivity contribution in [1.82, 2.24) is 15.5 Å². The number of likely N-dealkylation sites (tertiary alicyclic amines) is 1. The predicted octanol–water partition coefficient (Wildman–Crippen LogP) is 0.924. The summed E-state index contributed by atoms with van der Waals surface area (Å²) in [6.07, 6.45) is 2.26. The Hall–Kier alpha value is -0.810. The smallest absolute Gasteiger partial charge is 0.321 e. The average Bonchev–Trinajstić information content (AvgIpc) is 2.73. The minimum Gasteiger partial charge on any atom is -0.336 e. The molecule has 98 valence electrons. The highest BCUT2D eigenvalue weighted by atomic mass is 35.5. The van der Waals surface area contributed by atoms with Crippen LogP contribution in [-0.4, -0.2) is 47.9 Å². The first kappa shape index (κ1) is 14.3. The highest BCUT2D eigenvalue weighted by molar-refractivity contribution is 6.31. The van der Waals surface area contributed by atoms with E-state index in [1.165, 1.54) is 13.3 Å². The summed E-state index contributed by atoms with van der Waals surface area (Å²) in [5.74, 6) is -0.470. The zero-order valence-corrected chi connectivity index (χ0v) is 11.1. The molecule has 2 unspecified atom stereocenters. The lowest BCUT2D eigenvalue weighted by Gasteiger charge is -2.22. The number of urea groups is 1. The molecule has 3 amide bonds. The number of alkyl halides is 1. The maximum Gasteiger partial charge on any atom is 0.321 e. The fraction of sp³-hybridized carbons (Fsp3) is 0.818. The van der Waals surface area contributed by atoms with Crippen molar-refractivity contribution in [3.8, 4) is 0 Å². The highest BCUT2D eigenvalue weighted by Gasteiger charge is 2.23. The third-order valence-electron chi connectivity index (χ3n) is 3.00. The van der Waals surface area contributed by atoms with Gasteiger partial charge in [0.25, 0.3) is 0 Å². The molecule has 1 fully saturated rings. The van der Waals surface area contributed by atoms with E-state index in [4.69, 9.17) is 11.6 Å². The van der Waals surface area contributed by atoms with Crippen molar-refractivity contribution in [2.24, 2.45) is 0 Å². The van der Waals surface area contributed by atoms with E-state index in [2.05, 4.69) is 22.5 Å². The first-order valence-electron chi connectivity index (χ1n) is 6.01. The van der Waals surface area contributed by atoms with E-state index < -0.39 is 17.3 Å². The van der Waals surface area contributed by atoms with Gasteiger partial charge in [0.2, 0.25) is 5.91 Å². The molecule has 2 N–H and O–H groups in total. The average molecular weight is 262 g/mol. The lowest BCUT2D eigenvalue weighted by Crippen LogP contribution is -2.46. The minimum absolute atomic E-state index is 0.384. The number of halogens is 1. The van der Waals surface area contributed by atoms with E-state index in [0.29, 0.717) is 12.6 Å². The number of amides is 3. The molecular weight excluding hydrogens is 242 g/mol. The molecule has 0 aromatic carbocycles. The molecule has 5 nitrogen and oxygen atoms in total. The molecule has 1 aliphatic heterocycles. The monoisotopic (exact) mass is 261 g/mol. The van der Waals surface area contributed by atoms with Crippen molar-refractivity contribution in [2.45, 2.75) is 38.1 Å². The van der Waals surface area contributed by atoms with Crippen LogP contribution in [0.25, 0.3) is 0 Å². The zero-order valence-electron chi connectivity index (χ0n) is 10.3. The third kappa shape index (κ3) is 4.52. The van der Waals surface area contributed by atoms with Crippen LogP contribution in [0.4, 0.5) is 4.79 Å². The standard InChI is InChI=1S/C11H20ClN3O2/c1-3-15-6-4-5-9(15)7-13-11(17)14-10(16)8(2)12/h8-9H,3-7H2,1-2H3,(H2,13,14,16,17). The molecule has 0 aromatic rings. The van der Waals surface area contributed by atoms with E-state index >= 15 is 0 Å². The molecule has 0 aliphatic carbocycles. The van der Waals surface area contributed by atoms with Gasteiger partial charge in [0.1, 0.15) is 5.38 Å². The second kappa shape index (κ2) is 6.81. The maximum absolute atomic E-state index is 11.4. The first-order chi connectivity index (χ1) is 8.04. The van der Waals surface area contributed by atoms with Gasteiger partial charge in [-0.15, -0.1) is 11.6 Å². The van der Waals surface area contributed by atoms with Crippen molar-refractivity contribution in [3.05, 3.63) is 0 Å². The van der Waals surface area contributed by atoms with Crippen LogP contribution in [0, 0.1) is 0 Å². The summed E-state index contributed by atoms with van der Waals surface area (Å²) in [5, 5.41) is 4.21. The number of carbonyl (C=O) groups is 2. The summed E-state index contributed by atoms with van der Waals surface area (Å²) in [4.78, 5) is 24.9. The molecule has 1 rings (SSSR count). The van der Waals surface area contributed by atoms with E-state index in [9.17, 15) is 9.59 Å². The Morgan fingerprint density at radius 1 is 1.53 bits per heavy atom. The fourth-order valence-corrected chi connectivity index (χ4v) is 2.06. The van der Waals surface area contributed by atoms with Crippen molar-refractivity contribution < 1.29 is 9.59 Å². The van der Waals surface area contributed by atoms with Crippen LogP contribution < -0.4 is 10.6 Å². The minimum atomic E-state index is -0.695. The van der Waals surface area contributed by atoms with Crippen molar-refractivity contribution >= 4 is 23.5 Å². The number of likely N-dealkylation sites (N-methyl/N-ethyl adjacent to an activating group) is 1. The molecule has 0 spiro atoms. The summed E-state index contributed by atoms with van der Waals surface area (Å²) < 4.78 is 0. The Balaban J connectivity index is 2.26. The Bertz CT molecular complexity index is 284. The number of nitrogens with zero attached hydrogens (tertiary/aromatic N) is 1. The van der Waals surface area contributed by atoms with Crippen molar-refractivity contribution in [3.63, 3.8) is 0 Å². The van der Waals surface area contributed by atoms with Gasteiger partial charge in [0.15, 0.2) is 0 Å². The molecule has 17 heavy (non-hydrogen) atoms. The van der Waals surface area contributed by atoms with E-state index in [1.807, 2.05) is 0 Å². The molecule has 1 saturated heterocycles. The SMILES string of the molecule is CCN1CCCC1CNC(=O)NC(=O)C(C)Cl. The third-order valence-corrected chi connectivity index (χ3v) is 3.20. The Morgan fingerprint density at radius 2 is 2.24 bits per heavy atom. The Labute approximate surface area is 107 Å². The van der Waals surface area contributed by atoms with Gasteiger partial charge in [-0.2, -0.15) is 0 Å². The van der Waals surface area contributed by atoms with Gasteiger partial charge in [-0.1, -0.05) is 6.92 Å². The van der Waals surface area contributed by atoms with Crippen LogP contribution in [0.5, 0.6) is 0 Å². The summed E-state index contributed by atoms with van der Waals surface area (Å²) in [7, 11) is 0. The second-order valence-corrected chi connectivity index (χ2v) is 4.89. The van der Waals surface area contributed by atoms with Gasteiger partial charge in [0, 0.05) is 12.6 Å². The Kier molecular flexibility index (Phi) is 5.71. The lowest BCUT2D eigenvalue weighted by atomic mass is 10.2. The molecule has 0 saturated carbocycles. The number of hydrogen-bond acceptors (Lipinski definition) is 3. The predicted molar refractivity (Wildman–Crippen MR) is 67.1 cm³/mol. The molecule has 1 aliphatic rings. The zero-order chi connectivity index (χ0) is 12.8. The number of hydrogen-bond donors (Lipinski definition) is 2. The maximum atomic E-state index is 11.4. The molecule has 6 heteroatoms. The van der Waals surface area contributed by atoms with Crippen molar-refractivity contribution in [1.29, 1.82) is 0 Å². The summed E-state index contributed by atoms with van der Waals surface area (Å²) in [6.45, 7) is 6.29. The van der Waals surface area contributed by atoms with Crippen LogP contribution >= 0.6 is 11.6 Å². The number of imide groups is 1. The summed E-state index contributed by atoms with van der Waals surface area (Å²) >= 11 is 5.54. The van der Waals surface area contributed by atoms with Gasteiger partial charge >= 0.3 is 6.03 Å². The topological polar surface area (TPSA) is 61.4 Å². The second-order valence-electron chi connectivity index (χ2n) is 4.24. The van der Waals surface area contributed by atoms with Crippen LogP contribution in [0.3, 0.4) is 0 Å². The van der Waals surface area contributed by atoms with Crippen LogP contribution in [0.1, 0.15) is 26.7 Å². The quantitative estimate of drug-likeness (QED) is 0.740. The van der Waals surface area contributed by atoms with Gasteiger partial charge in [-0.25, -0.2) is 4.79 Å².